The van der Waals surface area contributed by atoms with Crippen molar-refractivity contribution in [3.05, 3.63) is 53.9 Å². The Hall–Kier alpha value is -2.51. The van der Waals surface area contributed by atoms with E-state index in [9.17, 15) is 18.0 Å². The number of hydrogen-bond donors (Lipinski definition) is 1. The lowest BCUT2D eigenvalue weighted by Crippen LogP contribution is -2.44. The second-order valence-electron chi connectivity index (χ2n) is 6.96. The zero-order valence-electron chi connectivity index (χ0n) is 16.2. The molecule has 3 aliphatic heterocycles. The van der Waals surface area contributed by atoms with Crippen LogP contribution in [0.2, 0.25) is 0 Å². The van der Waals surface area contributed by atoms with Gasteiger partial charge >= 0.3 is 6.36 Å². The van der Waals surface area contributed by atoms with Crippen molar-refractivity contribution >= 4 is 19.8 Å². The van der Waals surface area contributed by atoms with E-state index in [0.29, 0.717) is 10.9 Å². The van der Waals surface area contributed by atoms with Gasteiger partial charge in [-0.2, -0.15) is 0 Å². The van der Waals surface area contributed by atoms with Gasteiger partial charge < -0.3 is 24.6 Å². The first-order valence-electron chi connectivity index (χ1n) is 9.44. The van der Waals surface area contributed by atoms with E-state index < -0.39 is 12.1 Å². The van der Waals surface area contributed by atoms with Gasteiger partial charge in [0.2, 0.25) is 0 Å². The number of methoxy groups -OCH3 is 1. The number of benzene rings is 1. The molecule has 1 fully saturated rings. The van der Waals surface area contributed by atoms with Gasteiger partial charge in [0.1, 0.15) is 0 Å². The molecule has 0 aromatic heterocycles. The molecule has 1 N–H and O–H groups in total. The minimum atomic E-state index is -4.83. The van der Waals surface area contributed by atoms with Crippen LogP contribution in [0.4, 0.5) is 13.2 Å². The first-order chi connectivity index (χ1) is 14.3. The standard InChI is InChI=1S/C20H21F3N3O3P/c1-28-15-4-2-13(10-16(15)29-20(21,22)23)17-11-18(27)26-12-14(3-5-19(26)30-17)25-8-6-24-7-9-25/h2-5,10-12,19,24,30H,6-9H2,1H3. The lowest BCUT2D eigenvalue weighted by atomic mass is 10.1. The van der Waals surface area contributed by atoms with E-state index >= 15 is 0 Å². The summed E-state index contributed by atoms with van der Waals surface area (Å²) in [4.78, 5) is 16.7. The summed E-state index contributed by atoms with van der Waals surface area (Å²) in [6, 6.07) is 4.32. The Balaban J connectivity index is 1.58. The Labute approximate surface area is 173 Å². The monoisotopic (exact) mass is 439 g/mol. The average molecular weight is 439 g/mol. The van der Waals surface area contributed by atoms with Crippen LogP contribution in [0.1, 0.15) is 5.56 Å². The molecule has 10 heteroatoms. The SMILES string of the molecule is COc1ccc(C2=CC(=O)N3C=C(N4CCNCC4)C=CC3P2)cc1OC(F)(F)F. The fraction of sp³-hybridized carbons (Fsp3) is 0.350. The van der Waals surface area contributed by atoms with Crippen LogP contribution in [-0.2, 0) is 4.79 Å². The highest BCUT2D eigenvalue weighted by atomic mass is 31.1. The first-order valence-corrected chi connectivity index (χ1v) is 10.5. The molecule has 2 atom stereocenters. The van der Waals surface area contributed by atoms with Crippen LogP contribution in [0.25, 0.3) is 5.31 Å². The third-order valence-electron chi connectivity index (χ3n) is 5.03. The van der Waals surface area contributed by atoms with E-state index in [-0.39, 0.29) is 26.0 Å². The minimum absolute atomic E-state index is 0.0232. The van der Waals surface area contributed by atoms with E-state index in [4.69, 9.17) is 4.74 Å². The van der Waals surface area contributed by atoms with Crippen molar-refractivity contribution in [3.63, 3.8) is 0 Å². The molecule has 160 valence electrons. The number of nitrogens with one attached hydrogen (secondary N) is 1. The van der Waals surface area contributed by atoms with Crippen molar-refractivity contribution in [1.29, 1.82) is 0 Å². The molecule has 3 heterocycles. The zero-order chi connectivity index (χ0) is 21.3. The summed E-state index contributed by atoms with van der Waals surface area (Å²) in [6.45, 7) is 3.54. The number of allylic oxidation sites excluding steroid dienone is 1. The highest BCUT2D eigenvalue weighted by molar-refractivity contribution is 7.51. The zero-order valence-corrected chi connectivity index (χ0v) is 17.2. The van der Waals surface area contributed by atoms with Gasteiger partial charge in [0, 0.05) is 38.5 Å². The summed E-state index contributed by atoms with van der Waals surface area (Å²) in [6.07, 6.45) is 2.52. The molecule has 1 saturated heterocycles. The van der Waals surface area contributed by atoms with Crippen molar-refractivity contribution in [2.24, 2.45) is 0 Å². The second-order valence-corrected chi connectivity index (χ2v) is 8.38. The van der Waals surface area contributed by atoms with E-state index in [1.807, 2.05) is 18.4 Å². The molecule has 0 bridgehead atoms. The van der Waals surface area contributed by atoms with Gasteiger partial charge in [-0.1, -0.05) is 20.7 Å². The quantitative estimate of drug-likeness (QED) is 0.731. The number of rotatable bonds is 4. The highest BCUT2D eigenvalue weighted by Crippen LogP contribution is 2.46. The van der Waals surface area contributed by atoms with Gasteiger partial charge in [0.05, 0.1) is 18.6 Å². The topological polar surface area (TPSA) is 54.0 Å². The van der Waals surface area contributed by atoms with Gasteiger partial charge in [0.15, 0.2) is 11.5 Å². The summed E-state index contributed by atoms with van der Waals surface area (Å²) in [5, 5.41) is 3.98. The van der Waals surface area contributed by atoms with Crippen molar-refractivity contribution in [2.75, 3.05) is 33.3 Å². The maximum absolute atomic E-state index is 12.8. The van der Waals surface area contributed by atoms with Crippen LogP contribution in [0.3, 0.4) is 0 Å². The Morgan fingerprint density at radius 3 is 2.67 bits per heavy atom. The summed E-state index contributed by atoms with van der Waals surface area (Å²) in [5.74, 6) is -0.800. The van der Waals surface area contributed by atoms with Gasteiger partial charge in [-0.05, 0) is 29.1 Å². The first kappa shape index (κ1) is 20.8. The number of amides is 1. The lowest BCUT2D eigenvalue weighted by Gasteiger charge is -2.37. The lowest BCUT2D eigenvalue weighted by molar-refractivity contribution is -0.275. The highest BCUT2D eigenvalue weighted by Gasteiger charge is 2.34. The molecule has 0 radical (unpaired) electrons. The number of hydrogen-bond acceptors (Lipinski definition) is 5. The van der Waals surface area contributed by atoms with Gasteiger partial charge in [0.25, 0.3) is 5.91 Å². The molecule has 1 aromatic rings. The molecule has 0 saturated carbocycles. The number of nitrogens with zero attached hydrogens (tertiary/aromatic N) is 2. The molecule has 4 rings (SSSR count). The van der Waals surface area contributed by atoms with Gasteiger partial charge in [-0.3, -0.25) is 4.79 Å². The molecule has 1 amide bonds. The Bertz CT molecular complexity index is 924. The van der Waals surface area contributed by atoms with Crippen molar-refractivity contribution in [1.82, 2.24) is 15.1 Å². The smallest absolute Gasteiger partial charge is 0.493 e. The van der Waals surface area contributed by atoms with Crippen molar-refractivity contribution in [2.45, 2.75) is 12.1 Å². The van der Waals surface area contributed by atoms with E-state index in [1.165, 1.54) is 25.3 Å². The van der Waals surface area contributed by atoms with E-state index in [1.54, 1.807) is 11.0 Å². The van der Waals surface area contributed by atoms with Crippen LogP contribution < -0.4 is 14.8 Å². The maximum atomic E-state index is 12.8. The number of fused-ring (bicyclic) bond motifs is 1. The fourth-order valence-electron chi connectivity index (χ4n) is 3.59. The molecule has 30 heavy (non-hydrogen) atoms. The molecule has 0 spiro atoms. The number of carbonyl (C=O) groups excluding carboxylic acids is 1. The molecular formula is C20H21F3N3O3P. The van der Waals surface area contributed by atoms with Crippen LogP contribution in [-0.4, -0.2) is 61.1 Å². The van der Waals surface area contributed by atoms with Gasteiger partial charge in [-0.15, -0.1) is 13.2 Å². The van der Waals surface area contributed by atoms with Crippen LogP contribution in [0, 0.1) is 0 Å². The number of ether oxygens (including phenoxy) is 2. The van der Waals surface area contributed by atoms with Crippen LogP contribution in [0.5, 0.6) is 11.5 Å². The third-order valence-corrected chi connectivity index (χ3v) is 6.54. The predicted octanol–water partition coefficient (Wildman–Crippen LogP) is 3.10. The van der Waals surface area contributed by atoms with E-state index in [2.05, 4.69) is 15.0 Å². The molecule has 1 aromatic carbocycles. The third kappa shape index (κ3) is 4.47. The number of alkyl halides is 3. The van der Waals surface area contributed by atoms with Crippen molar-refractivity contribution in [3.8, 4) is 11.5 Å². The summed E-state index contributed by atoms with van der Waals surface area (Å²) >= 11 is 0. The summed E-state index contributed by atoms with van der Waals surface area (Å²) in [7, 11) is 1.47. The van der Waals surface area contributed by atoms with Crippen LogP contribution in [0.15, 0.2) is 48.3 Å². The fourth-order valence-corrected chi connectivity index (χ4v) is 4.97. The Kier molecular flexibility index (Phi) is 5.75. The van der Waals surface area contributed by atoms with Crippen molar-refractivity contribution < 1.29 is 27.4 Å². The largest absolute Gasteiger partial charge is 0.573 e. The second kappa shape index (κ2) is 8.32. The summed E-state index contributed by atoms with van der Waals surface area (Å²) in [5.41, 5.74) is 1.50. The Morgan fingerprint density at radius 2 is 1.97 bits per heavy atom. The number of carbonyl (C=O) groups is 1. The molecule has 0 aliphatic carbocycles. The molecule has 6 nitrogen and oxygen atoms in total. The van der Waals surface area contributed by atoms with Gasteiger partial charge in [-0.25, -0.2) is 0 Å². The number of halogens is 3. The molecule has 3 aliphatic rings. The normalized spacial score (nSPS) is 22.5. The number of piperazine rings is 1. The predicted molar refractivity (Wildman–Crippen MR) is 108 cm³/mol. The summed E-state index contributed by atoms with van der Waals surface area (Å²) < 4.78 is 47.2. The minimum Gasteiger partial charge on any atom is -0.493 e. The maximum Gasteiger partial charge on any atom is 0.573 e. The molecular weight excluding hydrogens is 418 g/mol. The average Bonchev–Trinajstić information content (AvgIpc) is 2.73. The Morgan fingerprint density at radius 1 is 1.20 bits per heavy atom. The molecule has 2 unspecified atom stereocenters. The van der Waals surface area contributed by atoms with E-state index in [0.717, 1.165) is 31.9 Å². The van der Waals surface area contributed by atoms with Crippen LogP contribution >= 0.6 is 8.58 Å².